The number of hydrogen-bond donors (Lipinski definition) is 1. The number of carboxylic acids is 1. The molecule has 0 saturated heterocycles. The molecule has 0 saturated carbocycles. The van der Waals surface area contributed by atoms with Crippen LogP contribution < -0.4 is 0 Å². The molecule has 13 heavy (non-hydrogen) atoms. The van der Waals surface area contributed by atoms with Crippen LogP contribution in [0.5, 0.6) is 0 Å². The van der Waals surface area contributed by atoms with Gasteiger partial charge in [-0.2, -0.15) is 0 Å². The second-order valence-electron chi connectivity index (χ2n) is 2.51. The summed E-state index contributed by atoms with van der Waals surface area (Å²) < 4.78 is 0. The highest BCUT2D eigenvalue weighted by Crippen LogP contribution is 2.20. The maximum absolute atomic E-state index is 10.2. The molecule has 1 N–H and O–H groups in total. The van der Waals surface area contributed by atoms with E-state index < -0.39 is 5.97 Å². The number of carbonyl (C=O) groups is 1. The van der Waals surface area contributed by atoms with Gasteiger partial charge in [0.05, 0.1) is 5.02 Å². The lowest BCUT2D eigenvalue weighted by Gasteiger charge is -1.99. The Morgan fingerprint density at radius 2 is 2.23 bits per heavy atom. The van der Waals surface area contributed by atoms with Gasteiger partial charge in [-0.1, -0.05) is 23.2 Å². The molecule has 0 aliphatic rings. The molecule has 5 heteroatoms. The van der Waals surface area contributed by atoms with Gasteiger partial charge in [0.15, 0.2) is 0 Å². The zero-order valence-corrected chi connectivity index (χ0v) is 8.14. The topological polar surface area (TPSA) is 50.2 Å². The van der Waals surface area contributed by atoms with Crippen LogP contribution in [-0.4, -0.2) is 16.1 Å². The fourth-order valence-corrected chi connectivity index (χ4v) is 1.14. The lowest BCUT2D eigenvalue weighted by molar-refractivity contribution is -0.136. The van der Waals surface area contributed by atoms with Crippen LogP contribution in [0.2, 0.25) is 10.2 Å². The van der Waals surface area contributed by atoms with Gasteiger partial charge in [0.2, 0.25) is 0 Å². The number of aliphatic carboxylic acids is 1. The van der Waals surface area contributed by atoms with Gasteiger partial charge in [0.25, 0.3) is 0 Å². The summed E-state index contributed by atoms with van der Waals surface area (Å²) in [6.45, 7) is 0. The quantitative estimate of drug-likeness (QED) is 0.795. The van der Waals surface area contributed by atoms with E-state index >= 15 is 0 Å². The summed E-state index contributed by atoms with van der Waals surface area (Å²) in [6.07, 6.45) is 2.01. The molecule has 1 aromatic rings. The molecule has 0 radical (unpaired) electrons. The summed E-state index contributed by atoms with van der Waals surface area (Å²) in [5.41, 5.74) is 0.775. The fourth-order valence-electron chi connectivity index (χ4n) is 0.849. The van der Waals surface area contributed by atoms with Crippen molar-refractivity contribution in [3.05, 3.63) is 28.0 Å². The number of nitrogens with zero attached hydrogens (tertiary/aromatic N) is 1. The second kappa shape index (κ2) is 4.44. The van der Waals surface area contributed by atoms with E-state index in [-0.39, 0.29) is 11.6 Å². The monoisotopic (exact) mass is 219 g/mol. The van der Waals surface area contributed by atoms with Crippen molar-refractivity contribution in [2.24, 2.45) is 0 Å². The van der Waals surface area contributed by atoms with Gasteiger partial charge in [-0.25, -0.2) is 4.98 Å². The number of carboxylic acid groups (broad SMARTS) is 1. The van der Waals surface area contributed by atoms with Crippen molar-refractivity contribution < 1.29 is 9.90 Å². The largest absolute Gasteiger partial charge is 0.481 e. The van der Waals surface area contributed by atoms with E-state index in [1.165, 1.54) is 6.20 Å². The van der Waals surface area contributed by atoms with Crippen LogP contribution in [0.3, 0.4) is 0 Å². The second-order valence-corrected chi connectivity index (χ2v) is 3.28. The molecule has 70 valence electrons. The predicted molar refractivity (Wildman–Crippen MR) is 50.2 cm³/mol. The molecular weight excluding hydrogens is 213 g/mol. The molecule has 0 spiro atoms. The highest BCUT2D eigenvalue weighted by atomic mass is 35.5. The van der Waals surface area contributed by atoms with Gasteiger partial charge in [-0.15, -0.1) is 0 Å². The summed E-state index contributed by atoms with van der Waals surface area (Å²) in [4.78, 5) is 14.0. The van der Waals surface area contributed by atoms with Crippen LogP contribution in [0.4, 0.5) is 0 Å². The summed E-state index contributed by atoms with van der Waals surface area (Å²) in [6, 6.07) is 1.62. The number of aryl methyl sites for hydroxylation is 1. The third-order valence-electron chi connectivity index (χ3n) is 1.48. The van der Waals surface area contributed by atoms with Crippen molar-refractivity contribution in [3.8, 4) is 0 Å². The number of pyridine rings is 1. The van der Waals surface area contributed by atoms with E-state index in [9.17, 15) is 4.79 Å². The van der Waals surface area contributed by atoms with Crippen molar-refractivity contribution in [2.75, 3.05) is 0 Å². The minimum atomic E-state index is -0.842. The summed E-state index contributed by atoms with van der Waals surface area (Å²) in [5, 5.41) is 9.01. The van der Waals surface area contributed by atoms with E-state index in [4.69, 9.17) is 28.3 Å². The van der Waals surface area contributed by atoms with Crippen molar-refractivity contribution in [1.82, 2.24) is 4.98 Å². The standard InChI is InChI=1S/C8H7Cl2NO2/c9-6-3-5(1-2-7(12)13)4-11-8(6)10/h3-4H,1-2H2,(H,12,13). The zero-order chi connectivity index (χ0) is 9.84. The van der Waals surface area contributed by atoms with Gasteiger partial charge in [-0.05, 0) is 18.1 Å². The lowest BCUT2D eigenvalue weighted by atomic mass is 10.2. The van der Waals surface area contributed by atoms with Gasteiger partial charge in [-0.3, -0.25) is 4.79 Å². The van der Waals surface area contributed by atoms with E-state index in [1.807, 2.05) is 0 Å². The summed E-state index contributed by atoms with van der Waals surface area (Å²) in [5.74, 6) is -0.842. The Bertz CT molecular complexity index is 328. The maximum Gasteiger partial charge on any atom is 0.303 e. The minimum Gasteiger partial charge on any atom is -0.481 e. The van der Waals surface area contributed by atoms with Gasteiger partial charge >= 0.3 is 5.97 Å². The molecule has 1 aromatic heterocycles. The highest BCUT2D eigenvalue weighted by Gasteiger charge is 2.03. The lowest BCUT2D eigenvalue weighted by Crippen LogP contribution is -1.97. The van der Waals surface area contributed by atoms with E-state index in [0.717, 1.165) is 5.56 Å². The first-order valence-corrected chi connectivity index (χ1v) is 4.37. The van der Waals surface area contributed by atoms with Gasteiger partial charge < -0.3 is 5.11 Å². The first-order chi connectivity index (χ1) is 6.09. The summed E-state index contributed by atoms with van der Waals surface area (Å²) in [7, 11) is 0. The van der Waals surface area contributed by atoms with E-state index in [2.05, 4.69) is 4.98 Å². The molecule has 1 rings (SSSR count). The SMILES string of the molecule is O=C(O)CCc1cnc(Cl)c(Cl)c1. The Hall–Kier alpha value is -0.800. The Balaban J connectivity index is 2.68. The minimum absolute atomic E-state index is 0.0691. The first-order valence-electron chi connectivity index (χ1n) is 3.61. The number of hydrogen-bond acceptors (Lipinski definition) is 2. The molecule has 0 unspecified atom stereocenters. The number of aromatic nitrogens is 1. The predicted octanol–water partition coefficient (Wildman–Crippen LogP) is 2.41. The van der Waals surface area contributed by atoms with Gasteiger partial charge in [0.1, 0.15) is 5.15 Å². The molecule has 0 aliphatic carbocycles. The van der Waals surface area contributed by atoms with Crippen molar-refractivity contribution in [2.45, 2.75) is 12.8 Å². The van der Waals surface area contributed by atoms with E-state index in [1.54, 1.807) is 6.07 Å². The molecule has 0 fully saturated rings. The first kappa shape index (κ1) is 10.3. The average Bonchev–Trinajstić information content (AvgIpc) is 2.07. The fraction of sp³-hybridized carbons (Fsp3) is 0.250. The Kier molecular flexibility index (Phi) is 3.51. The van der Waals surface area contributed by atoms with Gasteiger partial charge in [0, 0.05) is 12.6 Å². The zero-order valence-electron chi connectivity index (χ0n) is 6.63. The molecule has 0 aliphatic heterocycles. The highest BCUT2D eigenvalue weighted by molar-refractivity contribution is 6.41. The molecule has 0 bridgehead atoms. The Morgan fingerprint density at radius 1 is 1.54 bits per heavy atom. The molecule has 0 aromatic carbocycles. The smallest absolute Gasteiger partial charge is 0.303 e. The molecule has 3 nitrogen and oxygen atoms in total. The molecular formula is C8H7Cl2NO2. The van der Waals surface area contributed by atoms with Crippen LogP contribution in [0.15, 0.2) is 12.3 Å². The summed E-state index contributed by atoms with van der Waals surface area (Å²) >= 11 is 11.3. The molecule has 1 heterocycles. The van der Waals surface area contributed by atoms with Crippen molar-refractivity contribution in [1.29, 1.82) is 0 Å². The van der Waals surface area contributed by atoms with E-state index in [0.29, 0.717) is 11.4 Å². The Morgan fingerprint density at radius 3 is 2.77 bits per heavy atom. The van der Waals surface area contributed by atoms with Crippen LogP contribution in [-0.2, 0) is 11.2 Å². The third-order valence-corrected chi connectivity index (χ3v) is 2.17. The number of rotatable bonds is 3. The Labute approximate surface area is 85.3 Å². The molecule has 0 amide bonds. The van der Waals surface area contributed by atoms with Crippen LogP contribution in [0, 0.1) is 0 Å². The van der Waals surface area contributed by atoms with Crippen molar-refractivity contribution >= 4 is 29.2 Å². The van der Waals surface area contributed by atoms with Crippen molar-refractivity contribution in [3.63, 3.8) is 0 Å². The van der Waals surface area contributed by atoms with Crippen LogP contribution >= 0.6 is 23.2 Å². The molecule has 0 atom stereocenters. The third kappa shape index (κ3) is 3.20. The normalized spacial score (nSPS) is 10.0. The average molecular weight is 220 g/mol. The maximum atomic E-state index is 10.2. The van der Waals surface area contributed by atoms with Crippen LogP contribution in [0.25, 0.3) is 0 Å². The number of halogens is 2. The van der Waals surface area contributed by atoms with Crippen LogP contribution in [0.1, 0.15) is 12.0 Å².